The minimum atomic E-state index is -5.12. The molecule has 17 heavy (non-hydrogen) atoms. The Morgan fingerprint density at radius 1 is 1.29 bits per heavy atom. The SMILES string of the molecule is CC1(C)OP(=O)(O)OC1C(F)(F)CC(F)(F)F. The highest BCUT2D eigenvalue weighted by atomic mass is 31.2. The van der Waals surface area contributed by atoms with Crippen molar-refractivity contribution in [3.8, 4) is 0 Å². The number of phosphoric acid groups is 1. The maximum atomic E-state index is 13.3. The number of phosphoric ester groups is 1. The van der Waals surface area contributed by atoms with Crippen molar-refractivity contribution >= 4 is 7.82 Å². The fourth-order valence-corrected chi connectivity index (χ4v) is 2.98. The molecule has 0 aromatic rings. The summed E-state index contributed by atoms with van der Waals surface area (Å²) < 4.78 is 81.7. The van der Waals surface area contributed by atoms with Crippen LogP contribution in [0.5, 0.6) is 0 Å². The van der Waals surface area contributed by atoms with E-state index in [-0.39, 0.29) is 0 Å². The molecule has 0 saturated carbocycles. The van der Waals surface area contributed by atoms with E-state index in [2.05, 4.69) is 9.05 Å². The lowest BCUT2D eigenvalue weighted by atomic mass is 9.94. The van der Waals surface area contributed by atoms with E-state index >= 15 is 0 Å². The van der Waals surface area contributed by atoms with Gasteiger partial charge in [-0.05, 0) is 13.8 Å². The van der Waals surface area contributed by atoms with Crippen molar-refractivity contribution < 1.29 is 40.5 Å². The zero-order valence-corrected chi connectivity index (χ0v) is 9.69. The predicted molar refractivity (Wildman–Crippen MR) is 45.5 cm³/mol. The highest BCUT2D eigenvalue weighted by molar-refractivity contribution is 7.47. The van der Waals surface area contributed by atoms with Crippen LogP contribution < -0.4 is 0 Å². The third-order valence-corrected chi connectivity index (χ3v) is 3.22. The molecule has 1 aliphatic heterocycles. The molecule has 1 aliphatic rings. The van der Waals surface area contributed by atoms with Gasteiger partial charge in [0.25, 0.3) is 5.92 Å². The molecule has 1 N–H and O–H groups in total. The minimum Gasteiger partial charge on any atom is -0.302 e. The molecule has 2 unspecified atom stereocenters. The topological polar surface area (TPSA) is 55.8 Å². The number of hydrogen-bond acceptors (Lipinski definition) is 3. The second-order valence-electron chi connectivity index (χ2n) is 4.20. The minimum absolute atomic E-state index is 0.956. The molecule has 0 aromatic carbocycles. The molecule has 1 rings (SSSR count). The summed E-state index contributed by atoms with van der Waals surface area (Å²) in [5.41, 5.74) is -1.99. The van der Waals surface area contributed by atoms with Crippen molar-refractivity contribution in [1.82, 2.24) is 0 Å². The Kier molecular flexibility index (Phi) is 3.38. The third-order valence-electron chi connectivity index (χ3n) is 2.04. The maximum absolute atomic E-state index is 13.3. The Hall–Kier alpha value is -0.240. The second kappa shape index (κ2) is 3.88. The van der Waals surface area contributed by atoms with Crippen molar-refractivity contribution in [1.29, 1.82) is 0 Å². The summed E-state index contributed by atoms with van der Waals surface area (Å²) in [6, 6.07) is 0. The first-order valence-electron chi connectivity index (χ1n) is 4.42. The quantitative estimate of drug-likeness (QED) is 0.625. The van der Waals surface area contributed by atoms with E-state index in [4.69, 9.17) is 4.89 Å². The summed E-state index contributed by atoms with van der Waals surface area (Å²) in [6.07, 6.45) is -10.0. The second-order valence-corrected chi connectivity index (χ2v) is 5.53. The molecule has 1 saturated heterocycles. The number of rotatable bonds is 2. The van der Waals surface area contributed by atoms with Crippen molar-refractivity contribution in [2.75, 3.05) is 0 Å². The summed E-state index contributed by atoms with van der Waals surface area (Å²) in [5.74, 6) is -4.35. The van der Waals surface area contributed by atoms with Crippen molar-refractivity contribution in [3.05, 3.63) is 0 Å². The average Bonchev–Trinajstić information content (AvgIpc) is 2.13. The van der Waals surface area contributed by atoms with Crippen molar-refractivity contribution in [2.45, 2.75) is 44.1 Å². The van der Waals surface area contributed by atoms with Crippen LogP contribution in [0.1, 0.15) is 20.3 Å². The van der Waals surface area contributed by atoms with Crippen LogP contribution in [-0.4, -0.2) is 28.7 Å². The molecular weight excluding hydrogens is 274 g/mol. The molecule has 0 amide bonds. The Balaban J connectivity index is 2.96. The smallest absolute Gasteiger partial charge is 0.302 e. The van der Waals surface area contributed by atoms with E-state index in [9.17, 15) is 26.5 Å². The molecule has 10 heteroatoms. The zero-order chi connectivity index (χ0) is 13.7. The van der Waals surface area contributed by atoms with E-state index in [1.165, 1.54) is 0 Å². The summed E-state index contributed by atoms with van der Waals surface area (Å²) in [5, 5.41) is 0. The Bertz CT molecular complexity index is 353. The van der Waals surface area contributed by atoms with Crippen LogP contribution in [0.2, 0.25) is 0 Å². The standard InChI is InChI=1S/C7H10F5O4P/c1-5(2)4(15-17(13,14)16-5)6(8,9)3-7(10,11)12/h4H,3H2,1-2H3,(H,13,14). The van der Waals surface area contributed by atoms with Gasteiger partial charge in [0.05, 0.1) is 0 Å². The van der Waals surface area contributed by atoms with Gasteiger partial charge in [-0.2, -0.15) is 13.2 Å². The van der Waals surface area contributed by atoms with Gasteiger partial charge >= 0.3 is 14.0 Å². The molecule has 1 fully saturated rings. The van der Waals surface area contributed by atoms with Gasteiger partial charge in [-0.1, -0.05) is 0 Å². The summed E-state index contributed by atoms with van der Waals surface area (Å²) in [6.45, 7) is 1.91. The van der Waals surface area contributed by atoms with E-state index in [1.807, 2.05) is 0 Å². The number of hydrogen-bond donors (Lipinski definition) is 1. The molecule has 102 valence electrons. The van der Waals surface area contributed by atoms with Crippen LogP contribution in [0, 0.1) is 0 Å². The predicted octanol–water partition coefficient (Wildman–Crippen LogP) is 2.87. The summed E-state index contributed by atoms with van der Waals surface area (Å²) in [7, 11) is -4.73. The van der Waals surface area contributed by atoms with Gasteiger partial charge in [-0.15, -0.1) is 0 Å². The zero-order valence-electron chi connectivity index (χ0n) is 8.79. The van der Waals surface area contributed by atoms with Gasteiger partial charge in [0, 0.05) is 0 Å². The van der Waals surface area contributed by atoms with Crippen LogP contribution in [0.25, 0.3) is 0 Å². The third kappa shape index (κ3) is 3.61. The van der Waals surface area contributed by atoms with Gasteiger partial charge in [-0.3, -0.25) is 9.05 Å². The molecule has 0 bridgehead atoms. The van der Waals surface area contributed by atoms with Crippen LogP contribution in [0.15, 0.2) is 0 Å². The summed E-state index contributed by atoms with van der Waals surface area (Å²) >= 11 is 0. The van der Waals surface area contributed by atoms with Gasteiger partial charge < -0.3 is 4.89 Å². The van der Waals surface area contributed by atoms with E-state index < -0.39 is 38.0 Å². The van der Waals surface area contributed by atoms with Crippen molar-refractivity contribution in [2.24, 2.45) is 0 Å². The first-order chi connectivity index (χ1) is 7.25. The van der Waals surface area contributed by atoms with Crippen LogP contribution >= 0.6 is 7.82 Å². The average molecular weight is 284 g/mol. The largest absolute Gasteiger partial charge is 0.473 e. The molecule has 0 radical (unpaired) electrons. The van der Waals surface area contributed by atoms with E-state index in [0.717, 1.165) is 13.8 Å². The first-order valence-corrected chi connectivity index (χ1v) is 5.91. The van der Waals surface area contributed by atoms with Crippen LogP contribution in [0.3, 0.4) is 0 Å². The number of alkyl halides is 5. The van der Waals surface area contributed by atoms with E-state index in [0.29, 0.717) is 0 Å². The lowest BCUT2D eigenvalue weighted by Crippen LogP contribution is -2.48. The molecule has 0 spiro atoms. The van der Waals surface area contributed by atoms with Gasteiger partial charge in [0.1, 0.15) is 12.0 Å². The van der Waals surface area contributed by atoms with Gasteiger partial charge in [0.15, 0.2) is 6.10 Å². The first kappa shape index (κ1) is 14.8. The van der Waals surface area contributed by atoms with Gasteiger partial charge in [0.2, 0.25) is 0 Å². The van der Waals surface area contributed by atoms with Crippen molar-refractivity contribution in [3.63, 3.8) is 0 Å². The number of halogens is 5. The monoisotopic (exact) mass is 284 g/mol. The molecule has 4 nitrogen and oxygen atoms in total. The fraction of sp³-hybridized carbons (Fsp3) is 1.00. The molecule has 2 atom stereocenters. The van der Waals surface area contributed by atoms with Gasteiger partial charge in [-0.25, -0.2) is 13.3 Å². The normalized spacial score (nSPS) is 34.0. The Morgan fingerprint density at radius 3 is 2.06 bits per heavy atom. The highest BCUT2D eigenvalue weighted by Crippen LogP contribution is 2.60. The van der Waals surface area contributed by atoms with E-state index in [1.54, 1.807) is 0 Å². The Morgan fingerprint density at radius 2 is 1.76 bits per heavy atom. The Labute approximate surface area is 93.3 Å². The van der Waals surface area contributed by atoms with Crippen LogP contribution in [-0.2, 0) is 13.6 Å². The highest BCUT2D eigenvalue weighted by Gasteiger charge is 2.63. The maximum Gasteiger partial charge on any atom is 0.473 e. The molecule has 1 heterocycles. The lowest BCUT2D eigenvalue weighted by molar-refractivity contribution is -0.220. The molecule has 0 aromatic heterocycles. The molecule has 0 aliphatic carbocycles. The van der Waals surface area contributed by atoms with Crippen LogP contribution in [0.4, 0.5) is 22.0 Å². The molecular formula is C7H10F5O4P. The summed E-state index contributed by atoms with van der Waals surface area (Å²) in [4.78, 5) is 8.86. The fourth-order valence-electron chi connectivity index (χ4n) is 1.57. The lowest BCUT2D eigenvalue weighted by Gasteiger charge is -2.29.